The monoisotopic (exact) mass is 366 g/mol. The van der Waals surface area contributed by atoms with Gasteiger partial charge >= 0.3 is 0 Å². The second-order valence-corrected chi connectivity index (χ2v) is 5.88. The number of amides is 1. The Hall–Kier alpha value is -3.30. The van der Waals surface area contributed by atoms with Crippen molar-refractivity contribution in [3.05, 3.63) is 75.3 Å². The molecule has 3 rings (SSSR count). The molecule has 0 saturated carbocycles. The number of para-hydroxylation sites is 1. The lowest BCUT2D eigenvalue weighted by Crippen LogP contribution is -2.24. The molecule has 6 nitrogen and oxygen atoms in total. The van der Waals surface area contributed by atoms with E-state index in [2.05, 4.69) is 21.5 Å². The molecule has 3 aromatic rings. The fraction of sp³-hybridized carbons (Fsp3) is 0.105. The molecular formula is C19H15ClN4O2. The van der Waals surface area contributed by atoms with Crippen LogP contribution in [-0.2, 0) is 6.54 Å². The van der Waals surface area contributed by atoms with E-state index in [1.54, 1.807) is 30.3 Å². The number of anilines is 1. The van der Waals surface area contributed by atoms with Crippen LogP contribution < -0.4 is 16.2 Å². The average Bonchev–Trinajstić information content (AvgIpc) is 2.65. The minimum absolute atomic E-state index is 0.152. The van der Waals surface area contributed by atoms with Crippen LogP contribution in [0.3, 0.4) is 0 Å². The summed E-state index contributed by atoms with van der Waals surface area (Å²) < 4.78 is 1.38. The van der Waals surface area contributed by atoms with E-state index in [-0.39, 0.29) is 24.6 Å². The molecule has 2 aromatic heterocycles. The normalized spacial score (nSPS) is 10.3. The van der Waals surface area contributed by atoms with Gasteiger partial charge in [-0.3, -0.25) is 14.0 Å². The van der Waals surface area contributed by atoms with Crippen LogP contribution in [0.5, 0.6) is 0 Å². The van der Waals surface area contributed by atoms with Crippen molar-refractivity contribution in [3.63, 3.8) is 0 Å². The van der Waals surface area contributed by atoms with E-state index in [4.69, 9.17) is 18.0 Å². The molecule has 0 fully saturated rings. The second-order valence-electron chi connectivity index (χ2n) is 5.45. The fourth-order valence-electron chi connectivity index (χ4n) is 2.46. The molecule has 0 saturated heterocycles. The predicted octanol–water partition coefficient (Wildman–Crippen LogP) is 2.32. The van der Waals surface area contributed by atoms with Gasteiger partial charge in [-0.1, -0.05) is 29.7 Å². The van der Waals surface area contributed by atoms with Crippen LogP contribution in [0.4, 0.5) is 5.69 Å². The van der Waals surface area contributed by atoms with Crippen molar-refractivity contribution >= 4 is 28.8 Å². The van der Waals surface area contributed by atoms with E-state index < -0.39 is 0 Å². The first-order valence-electron chi connectivity index (χ1n) is 7.81. The van der Waals surface area contributed by atoms with E-state index >= 15 is 0 Å². The smallest absolute Gasteiger partial charge is 0.258 e. The summed E-state index contributed by atoms with van der Waals surface area (Å²) in [6.45, 7) is 0.437. The molecule has 2 heterocycles. The Labute approximate surface area is 154 Å². The molecule has 26 heavy (non-hydrogen) atoms. The Morgan fingerprint density at radius 2 is 2.08 bits per heavy atom. The molecule has 2 N–H and O–H groups in total. The number of nitrogens with zero attached hydrogens (tertiary/aromatic N) is 2. The summed E-state index contributed by atoms with van der Waals surface area (Å²) in [7, 11) is 0. The molecule has 7 heteroatoms. The Balaban J connectivity index is 1.83. The minimum atomic E-state index is -0.271. The van der Waals surface area contributed by atoms with Gasteiger partial charge < -0.3 is 10.6 Å². The largest absolute Gasteiger partial charge is 0.379 e. The third-order valence-corrected chi connectivity index (χ3v) is 3.88. The van der Waals surface area contributed by atoms with Crippen LogP contribution in [0, 0.1) is 12.3 Å². The van der Waals surface area contributed by atoms with Crippen molar-refractivity contribution < 1.29 is 4.79 Å². The maximum atomic E-state index is 12.2. The van der Waals surface area contributed by atoms with Gasteiger partial charge in [0.2, 0.25) is 0 Å². The zero-order valence-electron chi connectivity index (χ0n) is 13.7. The highest BCUT2D eigenvalue weighted by atomic mass is 35.5. The summed E-state index contributed by atoms with van der Waals surface area (Å²) in [6, 6.07) is 11.8. The number of rotatable bonds is 5. The van der Waals surface area contributed by atoms with Crippen molar-refractivity contribution in [2.45, 2.75) is 6.54 Å². The van der Waals surface area contributed by atoms with Crippen molar-refractivity contribution in [2.75, 3.05) is 11.9 Å². The summed E-state index contributed by atoms with van der Waals surface area (Å²) in [5, 5.41) is 6.23. The topological polar surface area (TPSA) is 75.5 Å². The lowest BCUT2D eigenvalue weighted by atomic mass is 10.1. The number of hydrogen-bond donors (Lipinski definition) is 2. The quantitative estimate of drug-likeness (QED) is 0.679. The van der Waals surface area contributed by atoms with E-state index in [0.29, 0.717) is 27.6 Å². The number of fused-ring (bicyclic) bond motifs is 1. The van der Waals surface area contributed by atoms with Gasteiger partial charge in [-0.25, -0.2) is 4.98 Å². The average molecular weight is 367 g/mol. The van der Waals surface area contributed by atoms with Gasteiger partial charge in [-0.15, -0.1) is 6.42 Å². The molecule has 0 radical (unpaired) electrons. The standard InChI is InChI=1S/C19H15ClN4O2/c1-2-9-21-19(26)15-5-3-4-6-16(15)22-11-14-10-18(25)24-12-13(20)7-8-17(24)23-14/h1,3-8,10,12,22H,9,11H2,(H,21,26). The van der Waals surface area contributed by atoms with Gasteiger partial charge in [0.15, 0.2) is 0 Å². The number of carbonyl (C=O) groups is 1. The number of carbonyl (C=O) groups excluding carboxylic acids is 1. The lowest BCUT2D eigenvalue weighted by molar-refractivity contribution is 0.0959. The molecule has 1 aromatic carbocycles. The van der Waals surface area contributed by atoms with Crippen LogP contribution >= 0.6 is 11.6 Å². The molecule has 1 amide bonds. The summed E-state index contributed by atoms with van der Waals surface area (Å²) in [5.74, 6) is 2.09. The minimum Gasteiger partial charge on any atom is -0.379 e. The molecule has 0 spiro atoms. The third kappa shape index (κ3) is 3.85. The van der Waals surface area contributed by atoms with Gasteiger partial charge in [0, 0.05) is 18.0 Å². The maximum absolute atomic E-state index is 12.2. The SMILES string of the molecule is C#CCNC(=O)c1ccccc1NCc1cc(=O)n2cc(Cl)ccc2n1. The summed E-state index contributed by atoms with van der Waals surface area (Å²) >= 11 is 5.90. The van der Waals surface area contributed by atoms with Crippen molar-refractivity contribution in [2.24, 2.45) is 0 Å². The van der Waals surface area contributed by atoms with Crippen LogP contribution in [0.1, 0.15) is 16.1 Å². The third-order valence-electron chi connectivity index (χ3n) is 3.66. The Morgan fingerprint density at radius 1 is 1.27 bits per heavy atom. The van der Waals surface area contributed by atoms with Crippen molar-refractivity contribution in [1.82, 2.24) is 14.7 Å². The first-order chi connectivity index (χ1) is 12.6. The lowest BCUT2D eigenvalue weighted by Gasteiger charge is -2.11. The number of halogens is 1. The number of hydrogen-bond acceptors (Lipinski definition) is 4. The van der Waals surface area contributed by atoms with E-state index in [1.165, 1.54) is 16.7 Å². The zero-order chi connectivity index (χ0) is 18.5. The molecule has 0 atom stereocenters. The Kier molecular flexibility index (Phi) is 5.20. The van der Waals surface area contributed by atoms with Crippen LogP contribution in [-0.4, -0.2) is 21.8 Å². The number of benzene rings is 1. The first-order valence-corrected chi connectivity index (χ1v) is 8.18. The first kappa shape index (κ1) is 17.5. The molecule has 130 valence electrons. The molecule has 0 bridgehead atoms. The van der Waals surface area contributed by atoms with Gasteiger partial charge in [-0.2, -0.15) is 0 Å². The highest BCUT2D eigenvalue weighted by Crippen LogP contribution is 2.16. The van der Waals surface area contributed by atoms with E-state index in [1.807, 2.05) is 6.07 Å². The van der Waals surface area contributed by atoms with Crippen LogP contribution in [0.15, 0.2) is 53.5 Å². The predicted molar refractivity (Wildman–Crippen MR) is 101 cm³/mol. The van der Waals surface area contributed by atoms with Gasteiger partial charge in [-0.05, 0) is 24.3 Å². The molecule has 0 unspecified atom stereocenters. The number of aromatic nitrogens is 2. The number of terminal acetylenes is 1. The molecule has 0 aliphatic carbocycles. The van der Waals surface area contributed by atoms with E-state index in [0.717, 1.165) is 0 Å². The zero-order valence-corrected chi connectivity index (χ0v) is 14.5. The molecule has 0 aliphatic heterocycles. The highest BCUT2D eigenvalue weighted by Gasteiger charge is 2.10. The molecular weight excluding hydrogens is 352 g/mol. The summed E-state index contributed by atoms with van der Waals surface area (Å²) in [4.78, 5) is 28.8. The van der Waals surface area contributed by atoms with Gasteiger partial charge in [0.1, 0.15) is 5.65 Å². The Morgan fingerprint density at radius 3 is 2.88 bits per heavy atom. The van der Waals surface area contributed by atoms with Crippen molar-refractivity contribution in [1.29, 1.82) is 0 Å². The fourth-order valence-corrected chi connectivity index (χ4v) is 2.62. The highest BCUT2D eigenvalue weighted by molar-refractivity contribution is 6.30. The van der Waals surface area contributed by atoms with Gasteiger partial charge in [0.05, 0.1) is 29.4 Å². The van der Waals surface area contributed by atoms with Crippen LogP contribution in [0.25, 0.3) is 5.65 Å². The van der Waals surface area contributed by atoms with Gasteiger partial charge in [0.25, 0.3) is 11.5 Å². The second kappa shape index (κ2) is 7.72. The Bertz CT molecular complexity index is 1070. The van der Waals surface area contributed by atoms with Crippen LogP contribution in [0.2, 0.25) is 5.02 Å². The summed E-state index contributed by atoms with van der Waals surface area (Å²) in [6.07, 6.45) is 6.69. The maximum Gasteiger partial charge on any atom is 0.258 e. The molecule has 0 aliphatic rings. The number of pyridine rings is 1. The van der Waals surface area contributed by atoms with E-state index in [9.17, 15) is 9.59 Å². The number of nitrogens with one attached hydrogen (secondary N) is 2. The van der Waals surface area contributed by atoms with Crippen molar-refractivity contribution in [3.8, 4) is 12.3 Å². The summed E-state index contributed by atoms with van der Waals surface area (Å²) in [5.41, 5.74) is 1.91.